The van der Waals surface area contributed by atoms with Crippen LogP contribution in [0.2, 0.25) is 0 Å². The Labute approximate surface area is 99.2 Å². The lowest BCUT2D eigenvalue weighted by atomic mass is 10.0. The normalized spacial score (nSPS) is 12.8. The van der Waals surface area contributed by atoms with E-state index in [2.05, 4.69) is 37.4 Å². The van der Waals surface area contributed by atoms with E-state index in [1.807, 2.05) is 6.92 Å². The average Bonchev–Trinajstić information content (AvgIpc) is 2.22. The van der Waals surface area contributed by atoms with Crippen molar-refractivity contribution in [2.45, 2.75) is 39.7 Å². The molecule has 0 amide bonds. The number of aryl methyl sites for hydroxylation is 2. The molecule has 2 heteroatoms. The number of hydrogen-bond donors (Lipinski definition) is 2. The summed E-state index contributed by atoms with van der Waals surface area (Å²) in [6.45, 7) is 8.42. The second-order valence-corrected chi connectivity index (χ2v) is 4.68. The fraction of sp³-hybridized carbons (Fsp3) is 0.571. The van der Waals surface area contributed by atoms with Gasteiger partial charge in [-0.25, -0.2) is 0 Å². The maximum atomic E-state index is 5.68. The Hall–Kier alpha value is -0.860. The largest absolute Gasteiger partial charge is 0.328 e. The first-order valence-electron chi connectivity index (χ1n) is 6.12. The standard InChI is InChI=1S/C14H24N2/c1-11-4-5-14(10-12(11)2)7-9-16-8-6-13(3)15/h4-5,10,13,16H,6-9,15H2,1-3H3. The molecule has 0 aliphatic heterocycles. The first-order valence-corrected chi connectivity index (χ1v) is 6.12. The van der Waals surface area contributed by atoms with Gasteiger partial charge in [-0.1, -0.05) is 18.2 Å². The van der Waals surface area contributed by atoms with Crippen LogP contribution in [0.1, 0.15) is 30.0 Å². The van der Waals surface area contributed by atoms with Gasteiger partial charge in [-0.3, -0.25) is 0 Å². The fourth-order valence-corrected chi connectivity index (χ4v) is 1.65. The molecule has 0 bridgehead atoms. The van der Waals surface area contributed by atoms with Crippen LogP contribution >= 0.6 is 0 Å². The van der Waals surface area contributed by atoms with E-state index in [-0.39, 0.29) is 0 Å². The van der Waals surface area contributed by atoms with Crippen LogP contribution in [0, 0.1) is 13.8 Å². The van der Waals surface area contributed by atoms with Crippen molar-refractivity contribution >= 4 is 0 Å². The van der Waals surface area contributed by atoms with E-state index in [4.69, 9.17) is 5.73 Å². The van der Waals surface area contributed by atoms with Crippen LogP contribution in [0.25, 0.3) is 0 Å². The van der Waals surface area contributed by atoms with Crippen LogP contribution < -0.4 is 11.1 Å². The maximum Gasteiger partial charge on any atom is 0.00225 e. The monoisotopic (exact) mass is 220 g/mol. The predicted molar refractivity (Wildman–Crippen MR) is 70.8 cm³/mol. The summed E-state index contributed by atoms with van der Waals surface area (Å²) in [6, 6.07) is 7.00. The third-order valence-electron chi connectivity index (χ3n) is 2.94. The molecule has 0 saturated heterocycles. The highest BCUT2D eigenvalue weighted by molar-refractivity contribution is 5.29. The Morgan fingerprint density at radius 2 is 1.94 bits per heavy atom. The maximum absolute atomic E-state index is 5.68. The molecule has 16 heavy (non-hydrogen) atoms. The summed E-state index contributed by atoms with van der Waals surface area (Å²) in [5, 5.41) is 3.42. The topological polar surface area (TPSA) is 38.0 Å². The van der Waals surface area contributed by atoms with Crippen molar-refractivity contribution in [1.29, 1.82) is 0 Å². The van der Waals surface area contributed by atoms with Crippen molar-refractivity contribution in [2.75, 3.05) is 13.1 Å². The SMILES string of the molecule is Cc1ccc(CCNCCC(C)N)cc1C. The summed E-state index contributed by atoms with van der Waals surface area (Å²) >= 11 is 0. The number of nitrogens with one attached hydrogen (secondary N) is 1. The van der Waals surface area contributed by atoms with E-state index in [1.165, 1.54) is 16.7 Å². The zero-order chi connectivity index (χ0) is 12.0. The third kappa shape index (κ3) is 4.77. The summed E-state index contributed by atoms with van der Waals surface area (Å²) in [6.07, 6.45) is 2.15. The van der Waals surface area contributed by atoms with Crippen LogP contribution in [-0.4, -0.2) is 19.1 Å². The van der Waals surface area contributed by atoms with Crippen molar-refractivity contribution in [3.05, 3.63) is 34.9 Å². The molecule has 1 rings (SSSR count). The second-order valence-electron chi connectivity index (χ2n) is 4.68. The molecular formula is C14H24N2. The Bertz CT molecular complexity index is 319. The predicted octanol–water partition coefficient (Wildman–Crippen LogP) is 2.17. The van der Waals surface area contributed by atoms with E-state index < -0.39 is 0 Å². The number of hydrogen-bond acceptors (Lipinski definition) is 2. The van der Waals surface area contributed by atoms with E-state index in [0.29, 0.717) is 6.04 Å². The molecule has 0 saturated carbocycles. The Morgan fingerprint density at radius 1 is 1.19 bits per heavy atom. The molecule has 0 heterocycles. The highest BCUT2D eigenvalue weighted by Gasteiger charge is 1.97. The summed E-state index contributed by atoms with van der Waals surface area (Å²) in [7, 11) is 0. The van der Waals surface area contributed by atoms with E-state index >= 15 is 0 Å². The van der Waals surface area contributed by atoms with E-state index in [1.54, 1.807) is 0 Å². The van der Waals surface area contributed by atoms with Crippen molar-refractivity contribution < 1.29 is 0 Å². The van der Waals surface area contributed by atoms with Gasteiger partial charge >= 0.3 is 0 Å². The lowest BCUT2D eigenvalue weighted by molar-refractivity contribution is 0.590. The highest BCUT2D eigenvalue weighted by atomic mass is 14.8. The van der Waals surface area contributed by atoms with Crippen LogP contribution in [0.15, 0.2) is 18.2 Å². The van der Waals surface area contributed by atoms with Crippen LogP contribution in [-0.2, 0) is 6.42 Å². The van der Waals surface area contributed by atoms with Gasteiger partial charge in [-0.2, -0.15) is 0 Å². The minimum absolute atomic E-state index is 0.300. The third-order valence-corrected chi connectivity index (χ3v) is 2.94. The molecule has 1 aromatic rings. The van der Waals surface area contributed by atoms with Gasteiger partial charge in [0.15, 0.2) is 0 Å². The van der Waals surface area contributed by atoms with Gasteiger partial charge in [0.2, 0.25) is 0 Å². The van der Waals surface area contributed by atoms with Gasteiger partial charge < -0.3 is 11.1 Å². The van der Waals surface area contributed by atoms with Crippen LogP contribution in [0.4, 0.5) is 0 Å². The molecule has 1 aromatic carbocycles. The first kappa shape index (κ1) is 13.2. The summed E-state index contributed by atoms with van der Waals surface area (Å²) in [4.78, 5) is 0. The lowest BCUT2D eigenvalue weighted by Crippen LogP contribution is -2.25. The Morgan fingerprint density at radius 3 is 2.56 bits per heavy atom. The molecular weight excluding hydrogens is 196 g/mol. The quantitative estimate of drug-likeness (QED) is 0.721. The lowest BCUT2D eigenvalue weighted by Gasteiger charge is -2.08. The highest BCUT2D eigenvalue weighted by Crippen LogP contribution is 2.09. The Kier molecular flexibility index (Phi) is 5.50. The van der Waals surface area contributed by atoms with E-state index in [0.717, 1.165) is 25.9 Å². The molecule has 2 nitrogen and oxygen atoms in total. The minimum atomic E-state index is 0.300. The summed E-state index contributed by atoms with van der Waals surface area (Å²) in [5.41, 5.74) is 9.85. The van der Waals surface area contributed by atoms with Gasteiger partial charge in [-0.15, -0.1) is 0 Å². The first-order chi connectivity index (χ1) is 7.59. The molecule has 0 fully saturated rings. The van der Waals surface area contributed by atoms with Crippen molar-refractivity contribution in [1.82, 2.24) is 5.32 Å². The molecule has 0 radical (unpaired) electrons. The molecule has 0 spiro atoms. The van der Waals surface area contributed by atoms with Gasteiger partial charge in [0.1, 0.15) is 0 Å². The zero-order valence-electron chi connectivity index (χ0n) is 10.7. The van der Waals surface area contributed by atoms with Crippen LogP contribution in [0.3, 0.4) is 0 Å². The average molecular weight is 220 g/mol. The van der Waals surface area contributed by atoms with Gasteiger partial charge in [0.05, 0.1) is 0 Å². The minimum Gasteiger partial charge on any atom is -0.328 e. The molecule has 90 valence electrons. The Balaban J connectivity index is 2.24. The number of rotatable bonds is 6. The molecule has 1 atom stereocenters. The molecule has 0 aliphatic carbocycles. The van der Waals surface area contributed by atoms with Crippen molar-refractivity contribution in [3.63, 3.8) is 0 Å². The number of nitrogens with two attached hydrogens (primary N) is 1. The van der Waals surface area contributed by atoms with Gasteiger partial charge in [0.25, 0.3) is 0 Å². The second kappa shape index (κ2) is 6.66. The smallest absolute Gasteiger partial charge is 0.00225 e. The summed E-state index contributed by atoms with van der Waals surface area (Å²) in [5.74, 6) is 0. The van der Waals surface area contributed by atoms with Gasteiger partial charge in [0, 0.05) is 6.04 Å². The molecule has 3 N–H and O–H groups in total. The zero-order valence-corrected chi connectivity index (χ0v) is 10.7. The van der Waals surface area contributed by atoms with Crippen LogP contribution in [0.5, 0.6) is 0 Å². The van der Waals surface area contributed by atoms with Crippen molar-refractivity contribution in [3.8, 4) is 0 Å². The van der Waals surface area contributed by atoms with Crippen molar-refractivity contribution in [2.24, 2.45) is 5.73 Å². The molecule has 0 aromatic heterocycles. The van der Waals surface area contributed by atoms with Gasteiger partial charge in [-0.05, 0) is 63.4 Å². The van der Waals surface area contributed by atoms with E-state index in [9.17, 15) is 0 Å². The molecule has 0 aliphatic rings. The number of benzene rings is 1. The summed E-state index contributed by atoms with van der Waals surface area (Å²) < 4.78 is 0. The fourth-order valence-electron chi connectivity index (χ4n) is 1.65. The molecule has 1 unspecified atom stereocenters.